The van der Waals surface area contributed by atoms with Gasteiger partial charge >= 0.3 is 5.97 Å². The van der Waals surface area contributed by atoms with E-state index in [9.17, 15) is 13.2 Å². The predicted octanol–water partition coefficient (Wildman–Crippen LogP) is 2.10. The van der Waals surface area contributed by atoms with E-state index in [4.69, 9.17) is 4.74 Å². The summed E-state index contributed by atoms with van der Waals surface area (Å²) in [4.78, 5) is 11.2. The number of esters is 1. The number of rotatable bonds is 6. The van der Waals surface area contributed by atoms with E-state index in [0.29, 0.717) is 6.61 Å². The van der Waals surface area contributed by atoms with E-state index in [1.54, 1.807) is 19.1 Å². The van der Waals surface area contributed by atoms with Crippen LogP contribution in [0.2, 0.25) is 0 Å². The first-order valence-corrected chi connectivity index (χ1v) is 7.41. The van der Waals surface area contributed by atoms with Crippen molar-refractivity contribution in [2.75, 3.05) is 6.61 Å². The Kier molecular flexibility index (Phi) is 5.69. The molecule has 0 heterocycles. The van der Waals surface area contributed by atoms with Crippen molar-refractivity contribution >= 4 is 22.2 Å². The van der Waals surface area contributed by atoms with E-state index in [-0.39, 0.29) is 23.7 Å². The summed E-state index contributed by atoms with van der Waals surface area (Å²) in [6.45, 7) is 3.91. The van der Waals surface area contributed by atoms with Gasteiger partial charge in [0.15, 0.2) is 0 Å². The smallest absolute Gasteiger partial charge is 0.306 e. The van der Waals surface area contributed by atoms with Crippen molar-refractivity contribution in [2.24, 2.45) is 4.40 Å². The number of sulfonamides is 1. The lowest BCUT2D eigenvalue weighted by Crippen LogP contribution is -2.04. The molecule has 0 aromatic heterocycles. The maximum absolute atomic E-state index is 11.8. The van der Waals surface area contributed by atoms with E-state index in [0.717, 1.165) is 5.56 Å². The lowest BCUT2D eigenvalue weighted by Gasteiger charge is -2.00. The van der Waals surface area contributed by atoms with E-state index >= 15 is 0 Å². The molecule has 0 bridgehead atoms. The Hall–Kier alpha value is -1.69. The van der Waals surface area contributed by atoms with Crippen LogP contribution in [0.15, 0.2) is 33.6 Å². The molecule has 0 saturated carbocycles. The average Bonchev–Trinajstić information content (AvgIpc) is 2.36. The third-order valence-electron chi connectivity index (χ3n) is 2.32. The number of aryl methyl sites for hydroxylation is 1. The fourth-order valence-electron chi connectivity index (χ4n) is 1.34. The van der Waals surface area contributed by atoms with Gasteiger partial charge in [-0.2, -0.15) is 12.8 Å². The molecule has 5 nitrogen and oxygen atoms in total. The Bertz CT molecular complexity index is 547. The summed E-state index contributed by atoms with van der Waals surface area (Å²) in [7, 11) is -3.67. The molecule has 1 aromatic rings. The van der Waals surface area contributed by atoms with Crippen LogP contribution in [-0.4, -0.2) is 27.2 Å². The van der Waals surface area contributed by atoms with E-state index in [2.05, 4.69) is 4.40 Å². The molecule has 0 spiro atoms. The molecule has 104 valence electrons. The fraction of sp³-hybridized carbons (Fsp3) is 0.385. The molecule has 0 aliphatic rings. The molecule has 0 N–H and O–H groups in total. The third kappa shape index (κ3) is 5.21. The van der Waals surface area contributed by atoms with Gasteiger partial charge in [-0.3, -0.25) is 4.79 Å². The minimum absolute atomic E-state index is 0.126. The number of carbonyl (C=O) groups excluding carboxylic acids is 1. The lowest BCUT2D eigenvalue weighted by molar-refractivity contribution is -0.142. The molecule has 6 heteroatoms. The number of hydrogen-bond donors (Lipinski definition) is 0. The monoisotopic (exact) mass is 283 g/mol. The van der Waals surface area contributed by atoms with Crippen molar-refractivity contribution in [3.8, 4) is 0 Å². The molecule has 0 amide bonds. The van der Waals surface area contributed by atoms with Gasteiger partial charge in [0.2, 0.25) is 0 Å². The topological polar surface area (TPSA) is 72.8 Å². The van der Waals surface area contributed by atoms with Crippen molar-refractivity contribution in [3.05, 3.63) is 29.8 Å². The van der Waals surface area contributed by atoms with Crippen molar-refractivity contribution in [1.82, 2.24) is 0 Å². The SMILES string of the molecule is CCOC(=O)CC/C=N/S(=O)(=O)c1ccc(C)cc1. The number of hydrogen-bond acceptors (Lipinski definition) is 4. The van der Waals surface area contributed by atoms with Crippen molar-refractivity contribution in [2.45, 2.75) is 31.6 Å². The van der Waals surface area contributed by atoms with Gasteiger partial charge in [-0.05, 0) is 32.4 Å². The fourth-order valence-corrected chi connectivity index (χ4v) is 2.24. The summed E-state index contributed by atoms with van der Waals surface area (Å²) < 4.78 is 31.8. The Labute approximate surface area is 113 Å². The second kappa shape index (κ2) is 7.04. The van der Waals surface area contributed by atoms with Crippen molar-refractivity contribution < 1.29 is 17.9 Å². The molecule has 0 aliphatic heterocycles. The van der Waals surface area contributed by atoms with Crippen LogP contribution < -0.4 is 0 Å². The first-order valence-electron chi connectivity index (χ1n) is 5.97. The molecule has 0 atom stereocenters. The van der Waals surface area contributed by atoms with Crippen LogP contribution in [-0.2, 0) is 19.6 Å². The van der Waals surface area contributed by atoms with Crippen molar-refractivity contribution in [3.63, 3.8) is 0 Å². The minimum Gasteiger partial charge on any atom is -0.466 e. The van der Waals surface area contributed by atoms with Crippen LogP contribution in [0.25, 0.3) is 0 Å². The number of nitrogens with zero attached hydrogens (tertiary/aromatic N) is 1. The standard InChI is InChI=1S/C13H17NO4S/c1-3-18-13(15)5-4-10-14-19(16,17)12-8-6-11(2)7-9-12/h6-10H,3-5H2,1-2H3/b14-10+. The highest BCUT2D eigenvalue weighted by atomic mass is 32.2. The molecular formula is C13H17NO4S. The largest absolute Gasteiger partial charge is 0.466 e. The average molecular weight is 283 g/mol. The van der Waals surface area contributed by atoms with Gasteiger partial charge in [0.25, 0.3) is 10.0 Å². The molecule has 1 rings (SSSR count). The van der Waals surface area contributed by atoms with Gasteiger partial charge in [0.05, 0.1) is 17.9 Å². The molecular weight excluding hydrogens is 266 g/mol. The Morgan fingerprint density at radius 1 is 1.32 bits per heavy atom. The highest BCUT2D eigenvalue weighted by Gasteiger charge is 2.10. The molecule has 0 unspecified atom stereocenters. The minimum atomic E-state index is -3.67. The molecule has 0 fully saturated rings. The summed E-state index contributed by atoms with van der Waals surface area (Å²) in [5.74, 6) is -0.360. The zero-order valence-corrected chi connectivity index (χ0v) is 11.8. The third-order valence-corrected chi connectivity index (χ3v) is 3.61. The zero-order valence-electron chi connectivity index (χ0n) is 11.0. The highest BCUT2D eigenvalue weighted by Crippen LogP contribution is 2.12. The number of benzene rings is 1. The molecule has 0 radical (unpaired) electrons. The summed E-state index contributed by atoms with van der Waals surface area (Å²) >= 11 is 0. The number of carbonyl (C=O) groups is 1. The Balaban J connectivity index is 2.60. The van der Waals surface area contributed by atoms with Crippen LogP contribution in [0.1, 0.15) is 25.3 Å². The van der Waals surface area contributed by atoms with Crippen LogP contribution in [0.5, 0.6) is 0 Å². The van der Waals surface area contributed by atoms with E-state index in [1.807, 2.05) is 6.92 Å². The maximum Gasteiger partial charge on any atom is 0.306 e. The molecule has 1 aromatic carbocycles. The van der Waals surface area contributed by atoms with E-state index in [1.165, 1.54) is 18.3 Å². The van der Waals surface area contributed by atoms with Crippen LogP contribution >= 0.6 is 0 Å². The maximum atomic E-state index is 11.8. The molecule has 0 aliphatic carbocycles. The van der Waals surface area contributed by atoms with Gasteiger partial charge in [0, 0.05) is 6.21 Å². The van der Waals surface area contributed by atoms with Gasteiger partial charge < -0.3 is 4.74 Å². The molecule has 19 heavy (non-hydrogen) atoms. The highest BCUT2D eigenvalue weighted by molar-refractivity contribution is 7.90. The second-order valence-electron chi connectivity index (χ2n) is 3.92. The molecule has 0 saturated heterocycles. The quantitative estimate of drug-likeness (QED) is 0.592. The lowest BCUT2D eigenvalue weighted by atomic mass is 10.2. The Morgan fingerprint density at radius 2 is 1.95 bits per heavy atom. The summed E-state index contributed by atoms with van der Waals surface area (Å²) in [5.41, 5.74) is 0.977. The van der Waals surface area contributed by atoms with E-state index < -0.39 is 10.0 Å². The zero-order chi connectivity index (χ0) is 14.3. The van der Waals surface area contributed by atoms with Gasteiger partial charge in [0.1, 0.15) is 0 Å². The first-order chi connectivity index (χ1) is 8.95. The number of ether oxygens (including phenoxy) is 1. The van der Waals surface area contributed by atoms with Gasteiger partial charge in [-0.25, -0.2) is 0 Å². The van der Waals surface area contributed by atoms with Crippen molar-refractivity contribution in [1.29, 1.82) is 0 Å². The summed E-state index contributed by atoms with van der Waals surface area (Å²) in [5, 5.41) is 0. The second-order valence-corrected chi connectivity index (χ2v) is 5.55. The van der Waals surface area contributed by atoms with Crippen LogP contribution in [0, 0.1) is 6.92 Å². The van der Waals surface area contributed by atoms with Gasteiger partial charge in [-0.1, -0.05) is 17.7 Å². The van der Waals surface area contributed by atoms with Gasteiger partial charge in [-0.15, -0.1) is 0 Å². The van der Waals surface area contributed by atoms with Crippen LogP contribution in [0.4, 0.5) is 0 Å². The first kappa shape index (κ1) is 15.4. The summed E-state index contributed by atoms with van der Waals surface area (Å²) in [6, 6.07) is 6.43. The Morgan fingerprint density at radius 3 is 2.53 bits per heavy atom. The summed E-state index contributed by atoms with van der Waals surface area (Å²) in [6.07, 6.45) is 1.59. The normalized spacial score (nSPS) is 11.7. The predicted molar refractivity (Wildman–Crippen MR) is 72.7 cm³/mol. The van der Waals surface area contributed by atoms with Crippen LogP contribution in [0.3, 0.4) is 0 Å².